The van der Waals surface area contributed by atoms with E-state index in [0.717, 1.165) is 39.9 Å². The van der Waals surface area contributed by atoms with Crippen LogP contribution in [0.5, 0.6) is 11.5 Å². The number of rotatable bonds is 5. The molecule has 0 fully saturated rings. The van der Waals surface area contributed by atoms with Gasteiger partial charge in [-0.2, -0.15) is 0 Å². The summed E-state index contributed by atoms with van der Waals surface area (Å²) >= 11 is 0. The molecule has 0 saturated carbocycles. The Hall–Kier alpha value is -6.06. The third kappa shape index (κ3) is 4.43. The van der Waals surface area contributed by atoms with Gasteiger partial charge >= 0.3 is 0 Å². The number of hydrogen-bond acceptors (Lipinski definition) is 3. The van der Waals surface area contributed by atoms with E-state index in [0.29, 0.717) is 0 Å². The molecule has 0 radical (unpaired) electrons. The fourth-order valence-electron chi connectivity index (χ4n) is 7.41. The zero-order valence-corrected chi connectivity index (χ0v) is 27.0. The Balaban J connectivity index is 1.26. The summed E-state index contributed by atoms with van der Waals surface area (Å²) in [5, 5.41) is 0. The van der Waals surface area contributed by atoms with Crippen LogP contribution < -0.4 is 14.5 Å². The first kappa shape index (κ1) is 28.2. The fourth-order valence-corrected chi connectivity index (χ4v) is 7.41. The lowest BCUT2D eigenvalue weighted by Gasteiger charge is -2.45. The van der Waals surface area contributed by atoms with Gasteiger partial charge in [-0.1, -0.05) is 135 Å². The predicted octanol–water partition coefficient (Wildman–Crippen LogP) is 12.7. The number of ether oxygens (including phenoxy) is 1. The number of para-hydroxylation sites is 3. The summed E-state index contributed by atoms with van der Waals surface area (Å²) in [6.07, 6.45) is 0. The van der Waals surface area contributed by atoms with Crippen molar-refractivity contribution in [1.29, 1.82) is 0 Å². The molecule has 2 aliphatic rings. The van der Waals surface area contributed by atoms with Gasteiger partial charge in [-0.05, 0) is 81.9 Å². The zero-order valence-electron chi connectivity index (χ0n) is 27.0. The van der Waals surface area contributed by atoms with Gasteiger partial charge in [-0.25, -0.2) is 0 Å². The first-order valence-electron chi connectivity index (χ1n) is 16.5. The number of nitrogens with zero attached hydrogens (tertiary/aromatic N) is 2. The first-order chi connectivity index (χ1) is 23.6. The molecule has 9 rings (SSSR count). The van der Waals surface area contributed by atoms with Crippen LogP contribution in [-0.2, 0) is 5.41 Å². The van der Waals surface area contributed by atoms with Crippen molar-refractivity contribution in [3.8, 4) is 33.8 Å². The highest BCUT2D eigenvalue weighted by Crippen LogP contribution is 2.62. The molecule has 0 bridgehead atoms. The summed E-state index contributed by atoms with van der Waals surface area (Å²) in [6.45, 7) is 4.64. The molecule has 0 saturated heterocycles. The number of anilines is 6. The zero-order chi connectivity index (χ0) is 32.2. The molecule has 7 aromatic rings. The van der Waals surface area contributed by atoms with E-state index in [1.54, 1.807) is 0 Å². The van der Waals surface area contributed by atoms with Crippen LogP contribution in [0.25, 0.3) is 22.3 Å². The minimum atomic E-state index is -0.217. The predicted molar refractivity (Wildman–Crippen MR) is 199 cm³/mol. The standard InChI is InChI=1S/C45H34N2O/c1-45(2)37-17-9-10-18-39(37)47-40-19-11-12-20-42(40)48-44-41(30-29-38(45)43(44)47)46(35-25-21-33(22-26-35)31-13-5-3-6-14-31)36-27-23-34(24-28-36)32-15-7-4-8-16-32/h3-30H,1-2H3. The maximum Gasteiger partial charge on any atom is 0.175 e. The van der Waals surface area contributed by atoms with Crippen molar-refractivity contribution in [2.24, 2.45) is 0 Å². The lowest BCUT2D eigenvalue weighted by Crippen LogP contribution is -2.32. The minimum Gasteiger partial charge on any atom is -0.451 e. The Morgan fingerprint density at radius 3 is 1.56 bits per heavy atom. The number of benzene rings is 7. The molecule has 0 unspecified atom stereocenters. The van der Waals surface area contributed by atoms with Crippen LogP contribution >= 0.6 is 0 Å². The molecule has 0 atom stereocenters. The minimum absolute atomic E-state index is 0.217. The van der Waals surface area contributed by atoms with E-state index in [-0.39, 0.29) is 5.41 Å². The van der Waals surface area contributed by atoms with Gasteiger partial charge in [-0.3, -0.25) is 0 Å². The molecule has 230 valence electrons. The molecule has 0 N–H and O–H groups in total. The summed E-state index contributed by atoms with van der Waals surface area (Å²) in [6, 6.07) is 60.5. The molecule has 3 nitrogen and oxygen atoms in total. The number of hydrogen-bond donors (Lipinski definition) is 0. The SMILES string of the molecule is CC1(C)c2ccccc2N2c3ccccc3Oc3c(N(c4ccc(-c5ccccc5)cc4)c4ccc(-c5ccccc5)cc4)ccc1c32. The Bertz CT molecular complexity index is 2190. The second kappa shape index (κ2) is 11.0. The molecule has 0 aromatic heterocycles. The second-order valence-electron chi connectivity index (χ2n) is 13.0. The van der Waals surface area contributed by atoms with Gasteiger partial charge in [0, 0.05) is 16.8 Å². The Kier molecular flexibility index (Phi) is 6.48. The van der Waals surface area contributed by atoms with Crippen molar-refractivity contribution in [1.82, 2.24) is 0 Å². The van der Waals surface area contributed by atoms with Gasteiger partial charge in [0.15, 0.2) is 11.5 Å². The van der Waals surface area contributed by atoms with Crippen LogP contribution in [0.2, 0.25) is 0 Å². The molecular weight excluding hydrogens is 585 g/mol. The van der Waals surface area contributed by atoms with E-state index < -0.39 is 0 Å². The summed E-state index contributed by atoms with van der Waals surface area (Å²) in [4.78, 5) is 4.74. The highest BCUT2D eigenvalue weighted by atomic mass is 16.5. The van der Waals surface area contributed by atoms with Crippen LogP contribution in [0.1, 0.15) is 25.0 Å². The molecule has 2 heterocycles. The second-order valence-corrected chi connectivity index (χ2v) is 13.0. The van der Waals surface area contributed by atoms with Crippen molar-refractivity contribution in [3.05, 3.63) is 181 Å². The van der Waals surface area contributed by atoms with Crippen LogP contribution in [0.4, 0.5) is 34.1 Å². The fraction of sp³-hybridized carbons (Fsp3) is 0.0667. The van der Waals surface area contributed by atoms with Gasteiger partial charge in [0.25, 0.3) is 0 Å². The van der Waals surface area contributed by atoms with Crippen molar-refractivity contribution in [2.75, 3.05) is 9.80 Å². The molecule has 2 aliphatic heterocycles. The third-order valence-electron chi connectivity index (χ3n) is 9.85. The van der Waals surface area contributed by atoms with Gasteiger partial charge in [0.2, 0.25) is 0 Å². The van der Waals surface area contributed by atoms with Gasteiger partial charge < -0.3 is 14.5 Å². The Labute approximate surface area is 281 Å². The quantitative estimate of drug-likeness (QED) is 0.191. The molecule has 0 amide bonds. The van der Waals surface area contributed by atoms with Crippen LogP contribution in [0.15, 0.2) is 170 Å². The summed E-state index contributed by atoms with van der Waals surface area (Å²) < 4.78 is 6.99. The summed E-state index contributed by atoms with van der Waals surface area (Å²) in [5.41, 5.74) is 13.5. The molecule has 0 aliphatic carbocycles. The molecule has 48 heavy (non-hydrogen) atoms. The highest BCUT2D eigenvalue weighted by Gasteiger charge is 2.42. The smallest absolute Gasteiger partial charge is 0.175 e. The van der Waals surface area contributed by atoms with E-state index in [4.69, 9.17) is 4.74 Å². The van der Waals surface area contributed by atoms with E-state index in [9.17, 15) is 0 Å². The van der Waals surface area contributed by atoms with Crippen molar-refractivity contribution in [2.45, 2.75) is 19.3 Å². The highest BCUT2D eigenvalue weighted by molar-refractivity contribution is 5.98. The van der Waals surface area contributed by atoms with Crippen molar-refractivity contribution >= 4 is 34.1 Å². The molecule has 3 heteroatoms. The Morgan fingerprint density at radius 2 is 0.958 bits per heavy atom. The lowest BCUT2D eigenvalue weighted by molar-refractivity contribution is 0.472. The topological polar surface area (TPSA) is 15.7 Å². The van der Waals surface area contributed by atoms with E-state index in [1.807, 2.05) is 0 Å². The summed E-state index contributed by atoms with van der Waals surface area (Å²) in [7, 11) is 0. The van der Waals surface area contributed by atoms with Crippen molar-refractivity contribution < 1.29 is 4.74 Å². The van der Waals surface area contributed by atoms with Crippen LogP contribution in [0, 0.1) is 0 Å². The normalized spacial score (nSPS) is 13.5. The number of fused-ring (bicyclic) bond motifs is 4. The van der Waals surface area contributed by atoms with E-state index in [2.05, 4.69) is 194 Å². The van der Waals surface area contributed by atoms with Crippen LogP contribution in [-0.4, -0.2) is 0 Å². The maximum atomic E-state index is 6.99. The van der Waals surface area contributed by atoms with Crippen LogP contribution in [0.3, 0.4) is 0 Å². The maximum absolute atomic E-state index is 6.99. The molecule has 0 spiro atoms. The monoisotopic (exact) mass is 618 g/mol. The van der Waals surface area contributed by atoms with Gasteiger partial charge in [0.05, 0.1) is 22.7 Å². The lowest BCUT2D eigenvalue weighted by atomic mass is 9.73. The summed E-state index contributed by atoms with van der Waals surface area (Å²) in [5.74, 6) is 1.70. The third-order valence-corrected chi connectivity index (χ3v) is 9.85. The van der Waals surface area contributed by atoms with E-state index >= 15 is 0 Å². The Morgan fingerprint density at radius 1 is 0.458 bits per heavy atom. The largest absolute Gasteiger partial charge is 0.451 e. The van der Waals surface area contributed by atoms with Gasteiger partial charge in [0.1, 0.15) is 0 Å². The molecular formula is C45H34N2O. The first-order valence-corrected chi connectivity index (χ1v) is 16.5. The molecule has 7 aromatic carbocycles. The van der Waals surface area contributed by atoms with Gasteiger partial charge in [-0.15, -0.1) is 0 Å². The van der Waals surface area contributed by atoms with E-state index in [1.165, 1.54) is 39.1 Å². The average Bonchev–Trinajstić information content (AvgIpc) is 3.15. The average molecular weight is 619 g/mol. The van der Waals surface area contributed by atoms with Crippen molar-refractivity contribution in [3.63, 3.8) is 0 Å².